The van der Waals surface area contributed by atoms with Gasteiger partial charge in [-0.1, -0.05) is 25.0 Å². The average Bonchev–Trinajstić information content (AvgIpc) is 2.86. The fraction of sp³-hybridized carbons (Fsp3) is 0.571. The number of ether oxygens (including phenoxy) is 2. The number of hydrogen-bond donors (Lipinski definition) is 1. The van der Waals surface area contributed by atoms with Gasteiger partial charge in [0.25, 0.3) is 0 Å². The van der Waals surface area contributed by atoms with E-state index in [0.29, 0.717) is 13.2 Å². The zero-order chi connectivity index (χ0) is 12.1. The number of hydrogen-bond acceptors (Lipinski definition) is 3. The molecular formula is C14H21NO2. The molecule has 0 amide bonds. The van der Waals surface area contributed by atoms with E-state index in [1.807, 2.05) is 24.3 Å². The molecule has 0 saturated heterocycles. The smallest absolute Gasteiger partial charge is 0.161 e. The van der Waals surface area contributed by atoms with Gasteiger partial charge >= 0.3 is 0 Å². The second kappa shape index (κ2) is 5.41. The van der Waals surface area contributed by atoms with Crippen molar-refractivity contribution >= 4 is 0 Å². The predicted octanol–water partition coefficient (Wildman–Crippen LogP) is 2.59. The van der Waals surface area contributed by atoms with Gasteiger partial charge in [-0.2, -0.15) is 0 Å². The third-order valence-electron chi connectivity index (χ3n) is 3.70. The zero-order valence-electron chi connectivity index (χ0n) is 10.4. The largest absolute Gasteiger partial charge is 0.493 e. The molecule has 1 fully saturated rings. The van der Waals surface area contributed by atoms with Crippen LogP contribution in [-0.4, -0.2) is 20.3 Å². The van der Waals surface area contributed by atoms with Crippen LogP contribution < -0.4 is 15.2 Å². The first-order valence-corrected chi connectivity index (χ1v) is 6.25. The number of para-hydroxylation sites is 2. The molecule has 0 aliphatic heterocycles. The molecule has 0 aromatic heterocycles. The van der Waals surface area contributed by atoms with Crippen molar-refractivity contribution in [2.24, 2.45) is 11.1 Å². The van der Waals surface area contributed by atoms with Gasteiger partial charge in [0.05, 0.1) is 13.7 Å². The molecule has 0 heterocycles. The fourth-order valence-electron chi connectivity index (χ4n) is 2.50. The van der Waals surface area contributed by atoms with Crippen LogP contribution in [0.25, 0.3) is 0 Å². The SMILES string of the molecule is COc1ccccc1OCC1(CN)CCCC1. The lowest BCUT2D eigenvalue weighted by atomic mass is 9.87. The quantitative estimate of drug-likeness (QED) is 0.853. The number of nitrogens with two attached hydrogens (primary N) is 1. The molecular weight excluding hydrogens is 214 g/mol. The maximum atomic E-state index is 5.90. The average molecular weight is 235 g/mol. The van der Waals surface area contributed by atoms with E-state index in [2.05, 4.69) is 0 Å². The highest BCUT2D eigenvalue weighted by atomic mass is 16.5. The molecule has 0 bridgehead atoms. The summed E-state index contributed by atoms with van der Waals surface area (Å²) in [5.74, 6) is 1.60. The van der Waals surface area contributed by atoms with Gasteiger partial charge < -0.3 is 15.2 Å². The summed E-state index contributed by atoms with van der Waals surface area (Å²) in [5.41, 5.74) is 6.07. The summed E-state index contributed by atoms with van der Waals surface area (Å²) < 4.78 is 11.2. The first kappa shape index (κ1) is 12.2. The van der Waals surface area contributed by atoms with Gasteiger partial charge in [0.15, 0.2) is 11.5 Å². The topological polar surface area (TPSA) is 44.5 Å². The van der Waals surface area contributed by atoms with Gasteiger partial charge in [0.1, 0.15) is 0 Å². The summed E-state index contributed by atoms with van der Waals surface area (Å²) in [4.78, 5) is 0. The minimum atomic E-state index is 0.181. The number of methoxy groups -OCH3 is 1. The standard InChI is InChI=1S/C14H21NO2/c1-16-12-6-2-3-7-13(12)17-11-14(10-15)8-4-5-9-14/h2-3,6-7H,4-5,8-11,15H2,1H3. The van der Waals surface area contributed by atoms with Crippen LogP contribution in [0.2, 0.25) is 0 Å². The highest BCUT2D eigenvalue weighted by molar-refractivity contribution is 5.39. The molecule has 1 aliphatic carbocycles. The van der Waals surface area contributed by atoms with E-state index >= 15 is 0 Å². The molecule has 0 atom stereocenters. The molecule has 94 valence electrons. The molecule has 3 heteroatoms. The van der Waals surface area contributed by atoms with E-state index in [1.54, 1.807) is 7.11 Å². The predicted molar refractivity (Wildman–Crippen MR) is 68.4 cm³/mol. The number of benzene rings is 1. The lowest BCUT2D eigenvalue weighted by molar-refractivity contribution is 0.153. The molecule has 0 spiro atoms. The number of rotatable bonds is 5. The Hall–Kier alpha value is -1.22. The van der Waals surface area contributed by atoms with Crippen molar-refractivity contribution in [2.75, 3.05) is 20.3 Å². The van der Waals surface area contributed by atoms with E-state index in [-0.39, 0.29) is 5.41 Å². The van der Waals surface area contributed by atoms with Gasteiger partial charge in [0, 0.05) is 12.0 Å². The van der Waals surface area contributed by atoms with E-state index in [0.717, 1.165) is 11.5 Å². The molecule has 0 unspecified atom stereocenters. The highest BCUT2D eigenvalue weighted by Gasteiger charge is 2.33. The van der Waals surface area contributed by atoms with Crippen molar-refractivity contribution in [3.05, 3.63) is 24.3 Å². The Morgan fingerprint density at radius 2 is 1.82 bits per heavy atom. The van der Waals surface area contributed by atoms with Crippen molar-refractivity contribution < 1.29 is 9.47 Å². The van der Waals surface area contributed by atoms with E-state index in [1.165, 1.54) is 25.7 Å². The molecule has 2 N–H and O–H groups in total. The lowest BCUT2D eigenvalue weighted by Gasteiger charge is -2.27. The highest BCUT2D eigenvalue weighted by Crippen LogP contribution is 2.38. The molecule has 1 aliphatic rings. The minimum absolute atomic E-state index is 0.181. The van der Waals surface area contributed by atoms with Gasteiger partial charge in [-0.25, -0.2) is 0 Å². The Morgan fingerprint density at radius 3 is 2.41 bits per heavy atom. The van der Waals surface area contributed by atoms with Crippen LogP contribution in [0, 0.1) is 5.41 Å². The Balaban J connectivity index is 2.01. The van der Waals surface area contributed by atoms with Gasteiger partial charge in [-0.3, -0.25) is 0 Å². The third-order valence-corrected chi connectivity index (χ3v) is 3.70. The maximum absolute atomic E-state index is 5.90. The summed E-state index contributed by atoms with van der Waals surface area (Å²) in [7, 11) is 1.66. The third kappa shape index (κ3) is 2.72. The minimum Gasteiger partial charge on any atom is -0.493 e. The van der Waals surface area contributed by atoms with Gasteiger partial charge in [-0.15, -0.1) is 0 Å². The van der Waals surface area contributed by atoms with E-state index in [9.17, 15) is 0 Å². The van der Waals surface area contributed by atoms with Crippen molar-refractivity contribution in [3.63, 3.8) is 0 Å². The van der Waals surface area contributed by atoms with Gasteiger partial charge in [-0.05, 0) is 25.0 Å². The first-order valence-electron chi connectivity index (χ1n) is 6.25. The Labute approximate surface area is 103 Å². The summed E-state index contributed by atoms with van der Waals surface area (Å²) in [6, 6.07) is 7.76. The molecule has 1 saturated carbocycles. The summed E-state index contributed by atoms with van der Waals surface area (Å²) in [6.45, 7) is 1.41. The normalized spacial score (nSPS) is 18.0. The van der Waals surface area contributed by atoms with Crippen LogP contribution in [0.15, 0.2) is 24.3 Å². The molecule has 1 aromatic rings. The van der Waals surface area contributed by atoms with Crippen LogP contribution >= 0.6 is 0 Å². The lowest BCUT2D eigenvalue weighted by Crippen LogP contribution is -2.33. The Morgan fingerprint density at radius 1 is 1.18 bits per heavy atom. The van der Waals surface area contributed by atoms with Crippen molar-refractivity contribution in [2.45, 2.75) is 25.7 Å². The first-order chi connectivity index (χ1) is 8.29. The summed E-state index contributed by atoms with van der Waals surface area (Å²) >= 11 is 0. The Bertz CT molecular complexity index is 359. The van der Waals surface area contributed by atoms with Crippen LogP contribution in [0.3, 0.4) is 0 Å². The second-order valence-electron chi connectivity index (χ2n) is 4.85. The molecule has 3 nitrogen and oxygen atoms in total. The van der Waals surface area contributed by atoms with Crippen molar-refractivity contribution in [1.29, 1.82) is 0 Å². The van der Waals surface area contributed by atoms with Crippen LogP contribution in [-0.2, 0) is 0 Å². The summed E-state index contributed by atoms with van der Waals surface area (Å²) in [6.07, 6.45) is 4.90. The molecule has 2 rings (SSSR count). The zero-order valence-corrected chi connectivity index (χ0v) is 10.4. The second-order valence-corrected chi connectivity index (χ2v) is 4.85. The van der Waals surface area contributed by atoms with E-state index in [4.69, 9.17) is 15.2 Å². The van der Waals surface area contributed by atoms with Crippen LogP contribution in [0.1, 0.15) is 25.7 Å². The summed E-state index contributed by atoms with van der Waals surface area (Å²) in [5, 5.41) is 0. The maximum Gasteiger partial charge on any atom is 0.161 e. The fourth-order valence-corrected chi connectivity index (χ4v) is 2.50. The van der Waals surface area contributed by atoms with Gasteiger partial charge in [0.2, 0.25) is 0 Å². The van der Waals surface area contributed by atoms with Crippen molar-refractivity contribution in [3.8, 4) is 11.5 Å². The Kier molecular flexibility index (Phi) is 3.89. The van der Waals surface area contributed by atoms with Crippen molar-refractivity contribution in [1.82, 2.24) is 0 Å². The van der Waals surface area contributed by atoms with Crippen LogP contribution in [0.4, 0.5) is 0 Å². The molecule has 17 heavy (non-hydrogen) atoms. The monoisotopic (exact) mass is 235 g/mol. The van der Waals surface area contributed by atoms with Crippen LogP contribution in [0.5, 0.6) is 11.5 Å². The van der Waals surface area contributed by atoms with E-state index < -0.39 is 0 Å². The molecule has 1 aromatic carbocycles. The molecule has 0 radical (unpaired) electrons.